The van der Waals surface area contributed by atoms with Gasteiger partial charge >= 0.3 is 5.69 Å². The first-order chi connectivity index (χ1) is 6.68. The molecule has 0 aliphatic carbocycles. The van der Waals surface area contributed by atoms with Crippen LogP contribution in [0.15, 0.2) is 33.8 Å². The van der Waals surface area contributed by atoms with Gasteiger partial charge in [0.15, 0.2) is 0 Å². The predicted octanol–water partition coefficient (Wildman–Crippen LogP) is 1.93. The van der Waals surface area contributed by atoms with E-state index in [0.717, 1.165) is 13.7 Å². The van der Waals surface area contributed by atoms with Crippen molar-refractivity contribution in [3.63, 3.8) is 0 Å². The number of nitrogens with one attached hydrogen (secondary N) is 1. The Morgan fingerprint density at radius 2 is 2.29 bits per heavy atom. The highest BCUT2D eigenvalue weighted by Gasteiger charge is 2.03. The first kappa shape index (κ1) is 9.91. The monoisotopic (exact) mass is 365 g/mol. The molecule has 0 fully saturated rings. The number of rotatable bonds is 1. The molecule has 0 radical (unpaired) electrons. The molecular formula is C8H5BrIN3O. The molecule has 0 bridgehead atoms. The van der Waals surface area contributed by atoms with Crippen LogP contribution in [0.5, 0.6) is 0 Å². The largest absolute Gasteiger partial charge is 0.347 e. The van der Waals surface area contributed by atoms with Gasteiger partial charge in [0, 0.05) is 8.04 Å². The molecule has 0 atom stereocenters. The lowest BCUT2D eigenvalue weighted by molar-refractivity contribution is 0.981. The maximum absolute atomic E-state index is 11.2. The molecule has 0 saturated carbocycles. The minimum absolute atomic E-state index is 0.238. The molecule has 0 aliphatic rings. The highest BCUT2D eigenvalue weighted by Crippen LogP contribution is 2.21. The molecule has 72 valence electrons. The van der Waals surface area contributed by atoms with Crippen LogP contribution in [0.3, 0.4) is 0 Å². The normalized spacial score (nSPS) is 10.4. The minimum Gasteiger partial charge on any atom is -0.250 e. The molecule has 0 saturated heterocycles. The molecule has 2 aromatic rings. The molecule has 1 heterocycles. The highest BCUT2D eigenvalue weighted by atomic mass is 127. The summed E-state index contributed by atoms with van der Waals surface area (Å²) >= 11 is 5.61. The molecule has 2 rings (SSSR count). The van der Waals surface area contributed by atoms with Crippen LogP contribution >= 0.6 is 38.5 Å². The van der Waals surface area contributed by atoms with E-state index in [-0.39, 0.29) is 5.69 Å². The average molecular weight is 366 g/mol. The standard InChI is InChI=1S/C8H5BrIN3O/c9-6-3-5(1-2-7(6)10)13-4-11-12-8(13)14/h1-4H,(H,12,14). The second kappa shape index (κ2) is 3.85. The summed E-state index contributed by atoms with van der Waals surface area (Å²) in [6.07, 6.45) is 1.46. The van der Waals surface area contributed by atoms with Gasteiger partial charge in [-0.05, 0) is 56.7 Å². The lowest BCUT2D eigenvalue weighted by Gasteiger charge is -2.01. The smallest absolute Gasteiger partial charge is 0.250 e. The Hall–Kier alpha value is -0.630. The van der Waals surface area contributed by atoms with Crippen LogP contribution in [0, 0.1) is 3.57 Å². The van der Waals surface area contributed by atoms with Crippen LogP contribution in [0.1, 0.15) is 0 Å². The average Bonchev–Trinajstić information content (AvgIpc) is 2.57. The van der Waals surface area contributed by atoms with Crippen molar-refractivity contribution in [3.8, 4) is 5.69 Å². The van der Waals surface area contributed by atoms with Crippen LogP contribution in [-0.2, 0) is 0 Å². The number of hydrogen-bond acceptors (Lipinski definition) is 2. The Morgan fingerprint density at radius 3 is 2.86 bits per heavy atom. The summed E-state index contributed by atoms with van der Waals surface area (Å²) in [5, 5.41) is 6.00. The van der Waals surface area contributed by atoms with Crippen molar-refractivity contribution in [2.45, 2.75) is 0 Å². The van der Waals surface area contributed by atoms with Gasteiger partial charge in [0.1, 0.15) is 6.33 Å². The van der Waals surface area contributed by atoms with Crippen molar-refractivity contribution in [1.29, 1.82) is 0 Å². The number of nitrogens with zero attached hydrogens (tertiary/aromatic N) is 2. The topological polar surface area (TPSA) is 50.7 Å². The van der Waals surface area contributed by atoms with E-state index in [2.05, 4.69) is 48.7 Å². The molecule has 0 amide bonds. The Balaban J connectivity index is 2.59. The first-order valence-electron chi connectivity index (χ1n) is 3.76. The van der Waals surface area contributed by atoms with Gasteiger partial charge in [-0.25, -0.2) is 14.5 Å². The van der Waals surface area contributed by atoms with E-state index in [9.17, 15) is 4.79 Å². The van der Waals surface area contributed by atoms with Crippen LogP contribution in [-0.4, -0.2) is 14.8 Å². The van der Waals surface area contributed by atoms with E-state index >= 15 is 0 Å². The van der Waals surface area contributed by atoms with Gasteiger partial charge in [-0.2, -0.15) is 5.10 Å². The van der Waals surface area contributed by atoms with Crippen LogP contribution < -0.4 is 5.69 Å². The van der Waals surface area contributed by atoms with Crippen molar-refractivity contribution in [3.05, 3.63) is 43.1 Å². The van der Waals surface area contributed by atoms with Crippen molar-refractivity contribution in [1.82, 2.24) is 14.8 Å². The number of H-pyrrole nitrogens is 1. The summed E-state index contributed by atoms with van der Waals surface area (Å²) in [6, 6.07) is 5.67. The van der Waals surface area contributed by atoms with Crippen LogP contribution in [0.4, 0.5) is 0 Å². The zero-order valence-corrected chi connectivity index (χ0v) is 10.6. The number of aromatic nitrogens is 3. The Labute approximate surface area is 102 Å². The van der Waals surface area contributed by atoms with Crippen LogP contribution in [0.2, 0.25) is 0 Å². The Kier molecular flexibility index (Phi) is 2.73. The van der Waals surface area contributed by atoms with Gasteiger partial charge in [-0.3, -0.25) is 0 Å². The van der Waals surface area contributed by atoms with Crippen molar-refractivity contribution in [2.75, 3.05) is 0 Å². The lowest BCUT2D eigenvalue weighted by Crippen LogP contribution is -2.13. The van der Waals surface area contributed by atoms with E-state index < -0.39 is 0 Å². The van der Waals surface area contributed by atoms with E-state index in [0.29, 0.717) is 0 Å². The summed E-state index contributed by atoms with van der Waals surface area (Å²) in [4.78, 5) is 11.2. The number of halogens is 2. The quantitative estimate of drug-likeness (QED) is 0.785. The number of aromatic amines is 1. The lowest BCUT2D eigenvalue weighted by atomic mass is 10.3. The first-order valence-corrected chi connectivity index (χ1v) is 5.63. The third-order valence-electron chi connectivity index (χ3n) is 1.73. The van der Waals surface area contributed by atoms with Crippen molar-refractivity contribution in [2.24, 2.45) is 0 Å². The molecule has 1 aromatic heterocycles. The van der Waals surface area contributed by atoms with E-state index in [1.54, 1.807) is 0 Å². The maximum Gasteiger partial charge on any atom is 0.347 e. The molecule has 0 unspecified atom stereocenters. The van der Waals surface area contributed by atoms with Crippen molar-refractivity contribution >= 4 is 38.5 Å². The zero-order valence-electron chi connectivity index (χ0n) is 6.87. The van der Waals surface area contributed by atoms with Gasteiger partial charge in [0.25, 0.3) is 0 Å². The minimum atomic E-state index is -0.238. The van der Waals surface area contributed by atoms with Gasteiger partial charge in [-0.15, -0.1) is 0 Å². The molecule has 1 aromatic carbocycles. The van der Waals surface area contributed by atoms with E-state index in [1.165, 1.54) is 10.9 Å². The van der Waals surface area contributed by atoms with Crippen molar-refractivity contribution < 1.29 is 0 Å². The molecule has 1 N–H and O–H groups in total. The third-order valence-corrected chi connectivity index (χ3v) is 4.07. The summed E-state index contributed by atoms with van der Waals surface area (Å²) in [6.45, 7) is 0. The SMILES string of the molecule is O=c1[nH]ncn1-c1ccc(I)c(Br)c1. The van der Waals surface area contributed by atoms with Crippen LogP contribution in [0.25, 0.3) is 5.69 Å². The van der Waals surface area contributed by atoms with E-state index in [4.69, 9.17) is 0 Å². The summed E-state index contributed by atoms with van der Waals surface area (Å²) < 4.78 is 3.51. The second-order valence-corrected chi connectivity index (χ2v) is 4.65. The number of hydrogen-bond donors (Lipinski definition) is 1. The molecule has 0 spiro atoms. The fourth-order valence-electron chi connectivity index (χ4n) is 1.07. The number of benzene rings is 1. The maximum atomic E-state index is 11.2. The Morgan fingerprint density at radius 1 is 1.50 bits per heavy atom. The summed E-state index contributed by atoms with van der Waals surface area (Å²) in [5.74, 6) is 0. The second-order valence-electron chi connectivity index (χ2n) is 2.63. The fourth-order valence-corrected chi connectivity index (χ4v) is 1.77. The molecule has 6 heteroatoms. The Bertz CT molecular complexity index is 519. The fraction of sp³-hybridized carbons (Fsp3) is 0. The summed E-state index contributed by atoms with van der Waals surface area (Å²) in [5.41, 5.74) is 0.550. The zero-order chi connectivity index (χ0) is 10.1. The molecule has 14 heavy (non-hydrogen) atoms. The predicted molar refractivity (Wildman–Crippen MR) is 64.6 cm³/mol. The molecular weight excluding hydrogens is 361 g/mol. The van der Waals surface area contributed by atoms with Gasteiger partial charge < -0.3 is 0 Å². The summed E-state index contributed by atoms with van der Waals surface area (Å²) in [7, 11) is 0. The van der Waals surface area contributed by atoms with Gasteiger partial charge in [0.05, 0.1) is 5.69 Å². The molecule has 0 aliphatic heterocycles. The van der Waals surface area contributed by atoms with Gasteiger partial charge in [0.2, 0.25) is 0 Å². The highest BCUT2D eigenvalue weighted by molar-refractivity contribution is 14.1. The van der Waals surface area contributed by atoms with E-state index in [1.807, 2.05) is 18.2 Å². The molecule has 4 nitrogen and oxygen atoms in total. The third kappa shape index (κ3) is 1.76. The van der Waals surface area contributed by atoms with Gasteiger partial charge in [-0.1, -0.05) is 0 Å².